The highest BCUT2D eigenvalue weighted by atomic mass is 32.1. The topological polar surface area (TPSA) is 46.4 Å². The molecule has 4 nitrogen and oxygen atoms in total. The second kappa shape index (κ2) is 5.47. The van der Waals surface area contributed by atoms with Gasteiger partial charge in [-0.25, -0.2) is 4.98 Å². The largest absolute Gasteiger partial charge is 0.351 e. The maximum absolute atomic E-state index is 11.0. The summed E-state index contributed by atoms with van der Waals surface area (Å²) in [7, 11) is 0. The molecular weight excluding hydrogens is 326 g/mol. The molecule has 0 aliphatic carbocycles. The van der Waals surface area contributed by atoms with E-state index in [1.54, 1.807) is 22.7 Å². The number of aryl methyl sites for hydroxylation is 1. The molecule has 0 radical (unpaired) electrons. The van der Waals surface area contributed by atoms with Crippen LogP contribution in [0.1, 0.15) is 17.4 Å². The van der Waals surface area contributed by atoms with E-state index < -0.39 is 0 Å². The number of rotatable bonds is 3. The van der Waals surface area contributed by atoms with Crippen LogP contribution in [-0.2, 0) is 11.3 Å². The van der Waals surface area contributed by atoms with Crippen LogP contribution < -0.4 is 5.32 Å². The number of hydrogen-bond acceptors (Lipinski definition) is 4. The average Bonchev–Trinajstić information content (AvgIpc) is 3.17. The number of thiophene rings is 1. The number of benzene rings is 1. The molecule has 1 aromatic carbocycles. The van der Waals surface area contributed by atoms with Crippen molar-refractivity contribution in [2.24, 2.45) is 0 Å². The zero-order chi connectivity index (χ0) is 16.0. The maximum Gasteiger partial charge on any atom is 0.217 e. The van der Waals surface area contributed by atoms with Crippen LogP contribution in [0.2, 0.25) is 0 Å². The predicted molar refractivity (Wildman–Crippen MR) is 96.1 cm³/mol. The van der Waals surface area contributed by atoms with Crippen LogP contribution >= 0.6 is 22.7 Å². The Kier molecular flexibility index (Phi) is 3.43. The first-order valence-corrected chi connectivity index (χ1v) is 8.95. The zero-order valence-electron chi connectivity index (χ0n) is 12.8. The molecule has 1 N–H and O–H groups in total. The highest BCUT2D eigenvalue weighted by molar-refractivity contribution is 7.23. The second-order valence-electron chi connectivity index (χ2n) is 5.53. The summed E-state index contributed by atoms with van der Waals surface area (Å²) < 4.78 is 3.42. The predicted octanol–water partition coefficient (Wildman–Crippen LogP) is 4.22. The van der Waals surface area contributed by atoms with E-state index in [1.165, 1.54) is 22.7 Å². The number of amides is 1. The number of fused-ring (bicyclic) bond motifs is 3. The van der Waals surface area contributed by atoms with Gasteiger partial charge in [0.25, 0.3) is 0 Å². The number of imidazole rings is 1. The van der Waals surface area contributed by atoms with Gasteiger partial charge in [0.05, 0.1) is 21.6 Å². The van der Waals surface area contributed by atoms with Crippen molar-refractivity contribution in [2.75, 3.05) is 0 Å². The molecule has 4 aromatic rings. The van der Waals surface area contributed by atoms with Crippen LogP contribution in [0.25, 0.3) is 25.7 Å². The zero-order valence-corrected chi connectivity index (χ0v) is 14.4. The molecular formula is C17H15N3OS2. The summed E-state index contributed by atoms with van der Waals surface area (Å²) in [5.74, 6) is -0.00998. The van der Waals surface area contributed by atoms with E-state index in [-0.39, 0.29) is 5.91 Å². The summed E-state index contributed by atoms with van der Waals surface area (Å²) in [6.07, 6.45) is 2.09. The Morgan fingerprint density at radius 1 is 1.26 bits per heavy atom. The van der Waals surface area contributed by atoms with Gasteiger partial charge in [-0.3, -0.25) is 9.20 Å². The van der Waals surface area contributed by atoms with Gasteiger partial charge in [-0.2, -0.15) is 0 Å². The van der Waals surface area contributed by atoms with Crippen LogP contribution in [-0.4, -0.2) is 15.3 Å². The molecule has 0 bridgehead atoms. The van der Waals surface area contributed by atoms with Crippen molar-refractivity contribution >= 4 is 43.8 Å². The van der Waals surface area contributed by atoms with Crippen LogP contribution in [0, 0.1) is 6.92 Å². The molecule has 3 aromatic heterocycles. The van der Waals surface area contributed by atoms with Gasteiger partial charge in [-0.1, -0.05) is 17.4 Å². The van der Waals surface area contributed by atoms with Crippen molar-refractivity contribution in [3.05, 3.63) is 47.0 Å². The monoisotopic (exact) mass is 341 g/mol. The lowest BCUT2D eigenvalue weighted by atomic mass is 10.2. The molecule has 1 amide bonds. The molecule has 0 aliphatic heterocycles. The quantitative estimate of drug-likeness (QED) is 0.606. The van der Waals surface area contributed by atoms with Crippen molar-refractivity contribution in [2.45, 2.75) is 20.4 Å². The minimum Gasteiger partial charge on any atom is -0.351 e. The number of carbonyl (C=O) groups is 1. The van der Waals surface area contributed by atoms with Gasteiger partial charge in [0.1, 0.15) is 5.69 Å². The summed E-state index contributed by atoms with van der Waals surface area (Å²) >= 11 is 3.38. The third kappa shape index (κ3) is 2.64. The standard InChI is InChI=1S/C17H15N3OS2/c1-10-3-5-14-16(7-10)23-17-19-13(9-20(14)17)15-6-4-12(22-15)8-18-11(2)21/h3-7,9H,8H2,1-2H3,(H,18,21). The molecule has 6 heteroatoms. The molecule has 0 fully saturated rings. The highest BCUT2D eigenvalue weighted by Gasteiger charge is 2.12. The Morgan fingerprint density at radius 2 is 2.13 bits per heavy atom. The third-order valence-electron chi connectivity index (χ3n) is 3.68. The van der Waals surface area contributed by atoms with E-state index in [0.717, 1.165) is 20.4 Å². The minimum atomic E-state index is -0.00998. The smallest absolute Gasteiger partial charge is 0.217 e. The lowest BCUT2D eigenvalue weighted by Gasteiger charge is -1.97. The summed E-state index contributed by atoms with van der Waals surface area (Å²) in [6, 6.07) is 10.6. The van der Waals surface area contributed by atoms with Crippen molar-refractivity contribution in [1.29, 1.82) is 0 Å². The van der Waals surface area contributed by atoms with Gasteiger partial charge in [-0.05, 0) is 36.8 Å². The molecule has 0 spiro atoms. The average molecular weight is 341 g/mol. The molecule has 0 saturated carbocycles. The number of nitrogens with zero attached hydrogens (tertiary/aromatic N) is 2. The van der Waals surface area contributed by atoms with Crippen molar-refractivity contribution in [3.63, 3.8) is 0 Å². The van der Waals surface area contributed by atoms with Crippen LogP contribution in [0.15, 0.2) is 36.5 Å². The highest BCUT2D eigenvalue weighted by Crippen LogP contribution is 2.32. The molecule has 0 aliphatic rings. The molecule has 4 rings (SSSR count). The Balaban J connectivity index is 1.70. The number of thiazole rings is 1. The van der Waals surface area contributed by atoms with Gasteiger partial charge in [0.15, 0.2) is 4.96 Å². The van der Waals surface area contributed by atoms with E-state index in [1.807, 2.05) is 6.07 Å². The fourth-order valence-corrected chi connectivity index (χ4v) is 4.56. The lowest BCUT2D eigenvalue weighted by molar-refractivity contribution is -0.119. The van der Waals surface area contributed by atoms with Gasteiger partial charge in [-0.15, -0.1) is 11.3 Å². The molecule has 0 saturated heterocycles. The number of hydrogen-bond donors (Lipinski definition) is 1. The molecule has 116 valence electrons. The first-order chi connectivity index (χ1) is 11.1. The van der Waals surface area contributed by atoms with E-state index in [2.05, 4.69) is 47.1 Å². The van der Waals surface area contributed by atoms with Crippen molar-refractivity contribution in [1.82, 2.24) is 14.7 Å². The van der Waals surface area contributed by atoms with Gasteiger partial charge >= 0.3 is 0 Å². The summed E-state index contributed by atoms with van der Waals surface area (Å²) in [5.41, 5.74) is 3.45. The minimum absolute atomic E-state index is 0.00998. The Bertz CT molecular complexity index is 1030. The summed E-state index contributed by atoms with van der Waals surface area (Å²) in [4.78, 5) is 19.0. The molecule has 0 unspecified atom stereocenters. The fraction of sp³-hybridized carbons (Fsp3) is 0.176. The van der Waals surface area contributed by atoms with E-state index in [0.29, 0.717) is 6.54 Å². The van der Waals surface area contributed by atoms with Crippen LogP contribution in [0.3, 0.4) is 0 Å². The summed E-state index contributed by atoms with van der Waals surface area (Å²) in [5, 5.41) is 2.83. The molecule has 23 heavy (non-hydrogen) atoms. The Hall–Kier alpha value is -2.18. The van der Waals surface area contributed by atoms with E-state index in [9.17, 15) is 4.79 Å². The Morgan fingerprint density at radius 3 is 2.96 bits per heavy atom. The number of aromatic nitrogens is 2. The molecule has 3 heterocycles. The SMILES string of the molecule is CC(=O)NCc1ccc(-c2cn3c(n2)sc2cc(C)ccc23)s1. The van der Waals surface area contributed by atoms with Crippen LogP contribution in [0.4, 0.5) is 0 Å². The summed E-state index contributed by atoms with van der Waals surface area (Å²) in [6.45, 7) is 4.21. The first kappa shape index (κ1) is 14.4. The fourth-order valence-electron chi connectivity index (χ4n) is 2.55. The van der Waals surface area contributed by atoms with Gasteiger partial charge < -0.3 is 5.32 Å². The maximum atomic E-state index is 11.0. The molecule has 0 atom stereocenters. The first-order valence-electron chi connectivity index (χ1n) is 7.32. The number of nitrogens with one attached hydrogen (secondary N) is 1. The number of carbonyl (C=O) groups excluding carboxylic acids is 1. The van der Waals surface area contributed by atoms with Crippen molar-refractivity contribution in [3.8, 4) is 10.6 Å². The Labute approximate surface area is 141 Å². The van der Waals surface area contributed by atoms with Gasteiger partial charge in [0.2, 0.25) is 5.91 Å². The second-order valence-corrected chi connectivity index (χ2v) is 7.71. The third-order valence-corrected chi connectivity index (χ3v) is 5.80. The van der Waals surface area contributed by atoms with E-state index in [4.69, 9.17) is 4.98 Å². The van der Waals surface area contributed by atoms with Crippen molar-refractivity contribution < 1.29 is 4.79 Å². The lowest BCUT2D eigenvalue weighted by Crippen LogP contribution is -2.17. The normalized spacial score (nSPS) is 11.4. The van der Waals surface area contributed by atoms with E-state index >= 15 is 0 Å². The van der Waals surface area contributed by atoms with Crippen LogP contribution in [0.5, 0.6) is 0 Å². The van der Waals surface area contributed by atoms with Gasteiger partial charge in [0, 0.05) is 18.0 Å².